The van der Waals surface area contributed by atoms with Gasteiger partial charge in [-0.2, -0.15) is 0 Å². The molecule has 0 saturated heterocycles. The molecule has 0 fully saturated rings. The summed E-state index contributed by atoms with van der Waals surface area (Å²) in [4.78, 5) is 56.3. The van der Waals surface area contributed by atoms with Crippen LogP contribution in [0.15, 0.2) is 77.8 Å². The highest BCUT2D eigenvalue weighted by Gasteiger charge is 2.30. The van der Waals surface area contributed by atoms with Gasteiger partial charge in [0.2, 0.25) is 17.7 Å². The molecule has 49 heavy (non-hydrogen) atoms. The molecule has 13 nitrogen and oxygen atoms in total. The number of carbonyl (C=O) groups is 4. The van der Waals surface area contributed by atoms with E-state index in [0.717, 1.165) is 41.2 Å². The SMILES string of the molecule is NCCCCCCC(=O)N[C@@H](COCc1ccccc1)C(=O)N[C@H](Cc1ccc2ccccc2c1)C(=O)N[C@@H](CCCN=C(N)N)C(=O)O. The minimum absolute atomic E-state index is 0.0613. The Balaban J connectivity index is 1.79. The number of hydrogen-bond acceptors (Lipinski definition) is 7. The van der Waals surface area contributed by atoms with Crippen molar-refractivity contribution in [3.8, 4) is 0 Å². The number of unbranched alkanes of at least 4 members (excludes halogenated alkanes) is 3. The fourth-order valence-corrected chi connectivity index (χ4v) is 5.22. The van der Waals surface area contributed by atoms with E-state index in [1.54, 1.807) is 0 Å². The Hall–Kier alpha value is -5.01. The van der Waals surface area contributed by atoms with Crippen LogP contribution in [0, 0.1) is 0 Å². The van der Waals surface area contributed by atoms with Crippen LogP contribution in [0.4, 0.5) is 0 Å². The topological polar surface area (TPSA) is 224 Å². The van der Waals surface area contributed by atoms with E-state index in [2.05, 4.69) is 20.9 Å². The Morgan fingerprint density at radius 3 is 2.12 bits per heavy atom. The molecule has 3 atom stereocenters. The maximum atomic E-state index is 13.8. The van der Waals surface area contributed by atoms with Gasteiger partial charge >= 0.3 is 5.97 Å². The molecule has 3 amide bonds. The van der Waals surface area contributed by atoms with Crippen LogP contribution < -0.4 is 33.2 Å². The fraction of sp³-hybridized carbons (Fsp3) is 0.417. The zero-order chi connectivity index (χ0) is 35.4. The summed E-state index contributed by atoms with van der Waals surface area (Å²) in [5, 5.41) is 19.9. The van der Waals surface area contributed by atoms with E-state index in [1.165, 1.54) is 0 Å². The standard InChI is InChI=1S/C36H49N7O6/c37-19-9-2-1-6-16-32(44)41-31(24-49-23-25-11-4-3-5-12-25)34(46)43-30(22-26-17-18-27-13-7-8-14-28(27)21-26)33(45)42-29(35(47)48)15-10-20-40-36(38)39/h3-5,7-8,11-14,17-18,21,29-31H,1-2,6,9-10,15-16,19-20,22-24,37H2,(H,41,44)(H,42,45)(H,43,46)(H,47,48)(H4,38,39,40)/t29-,30+,31-/m0/s1. The fourth-order valence-electron chi connectivity index (χ4n) is 5.22. The van der Waals surface area contributed by atoms with E-state index < -0.39 is 35.9 Å². The number of guanidine groups is 1. The van der Waals surface area contributed by atoms with Gasteiger partial charge in [-0.05, 0) is 54.1 Å². The van der Waals surface area contributed by atoms with Crippen molar-refractivity contribution in [1.29, 1.82) is 0 Å². The lowest BCUT2D eigenvalue weighted by Gasteiger charge is -2.25. The monoisotopic (exact) mass is 675 g/mol. The van der Waals surface area contributed by atoms with Crippen molar-refractivity contribution < 1.29 is 29.0 Å². The van der Waals surface area contributed by atoms with Gasteiger partial charge < -0.3 is 43.0 Å². The molecule has 0 spiro atoms. The number of fused-ring (bicyclic) bond motifs is 1. The maximum Gasteiger partial charge on any atom is 0.326 e. The first-order valence-corrected chi connectivity index (χ1v) is 16.6. The highest BCUT2D eigenvalue weighted by Crippen LogP contribution is 2.17. The molecule has 0 unspecified atom stereocenters. The molecule has 0 heterocycles. The largest absolute Gasteiger partial charge is 0.480 e. The molecule has 0 radical (unpaired) electrons. The van der Waals surface area contributed by atoms with Crippen molar-refractivity contribution in [2.45, 2.75) is 76.1 Å². The summed E-state index contributed by atoms with van der Waals surface area (Å²) in [6, 6.07) is 19.3. The second-order valence-electron chi connectivity index (χ2n) is 11.9. The molecule has 0 bridgehead atoms. The number of nitrogens with two attached hydrogens (primary N) is 3. The molecule has 10 N–H and O–H groups in total. The molecule has 0 aliphatic rings. The molecular formula is C36H49N7O6. The van der Waals surface area contributed by atoms with Crippen molar-refractivity contribution in [1.82, 2.24) is 16.0 Å². The van der Waals surface area contributed by atoms with Gasteiger partial charge in [-0.15, -0.1) is 0 Å². The quantitative estimate of drug-likeness (QED) is 0.0470. The van der Waals surface area contributed by atoms with Crippen LogP contribution in [0.5, 0.6) is 0 Å². The lowest BCUT2D eigenvalue weighted by atomic mass is 10.00. The molecule has 3 aromatic rings. The molecule has 264 valence electrons. The third-order valence-electron chi connectivity index (χ3n) is 7.85. The summed E-state index contributed by atoms with van der Waals surface area (Å²) < 4.78 is 5.84. The van der Waals surface area contributed by atoms with Gasteiger partial charge in [0.15, 0.2) is 5.96 Å². The summed E-state index contributed by atoms with van der Waals surface area (Å²) in [6.07, 6.45) is 3.89. The number of aliphatic imine (C=N–C) groups is 1. The summed E-state index contributed by atoms with van der Waals surface area (Å²) in [5.74, 6) is -3.00. The number of rotatable bonds is 22. The number of carboxylic acid groups (broad SMARTS) is 1. The van der Waals surface area contributed by atoms with Gasteiger partial charge in [0, 0.05) is 19.4 Å². The first-order chi connectivity index (χ1) is 23.7. The van der Waals surface area contributed by atoms with E-state index >= 15 is 0 Å². The number of carbonyl (C=O) groups excluding carboxylic acids is 3. The van der Waals surface area contributed by atoms with Crippen molar-refractivity contribution in [2.24, 2.45) is 22.2 Å². The van der Waals surface area contributed by atoms with Gasteiger partial charge in [0.05, 0.1) is 13.2 Å². The minimum Gasteiger partial charge on any atom is -0.480 e. The first kappa shape index (κ1) is 38.4. The van der Waals surface area contributed by atoms with E-state index in [9.17, 15) is 24.3 Å². The molecule has 3 rings (SSSR count). The number of amides is 3. The number of hydrogen-bond donors (Lipinski definition) is 7. The Kier molecular flexibility index (Phi) is 16.5. The van der Waals surface area contributed by atoms with Crippen molar-refractivity contribution in [3.05, 3.63) is 83.9 Å². The molecule has 0 aromatic heterocycles. The summed E-state index contributed by atoms with van der Waals surface area (Å²) >= 11 is 0. The maximum absolute atomic E-state index is 13.8. The lowest BCUT2D eigenvalue weighted by molar-refractivity contribution is -0.142. The normalized spacial score (nSPS) is 12.8. The summed E-state index contributed by atoms with van der Waals surface area (Å²) in [7, 11) is 0. The van der Waals surface area contributed by atoms with Gasteiger partial charge in [-0.1, -0.05) is 85.6 Å². The average molecular weight is 676 g/mol. The van der Waals surface area contributed by atoms with Crippen LogP contribution in [0.2, 0.25) is 0 Å². The zero-order valence-electron chi connectivity index (χ0n) is 27.8. The van der Waals surface area contributed by atoms with Crippen LogP contribution >= 0.6 is 0 Å². The van der Waals surface area contributed by atoms with E-state index in [4.69, 9.17) is 21.9 Å². The number of ether oxygens (including phenoxy) is 1. The number of aliphatic carboxylic acids is 1. The second kappa shape index (κ2) is 21.1. The van der Waals surface area contributed by atoms with Crippen LogP contribution in [0.3, 0.4) is 0 Å². The van der Waals surface area contributed by atoms with Crippen LogP contribution in [-0.2, 0) is 36.9 Å². The van der Waals surface area contributed by atoms with Crippen molar-refractivity contribution in [2.75, 3.05) is 19.7 Å². The van der Waals surface area contributed by atoms with Crippen LogP contribution in [0.25, 0.3) is 10.8 Å². The third-order valence-corrected chi connectivity index (χ3v) is 7.85. The Morgan fingerprint density at radius 2 is 1.41 bits per heavy atom. The molecular weight excluding hydrogens is 626 g/mol. The smallest absolute Gasteiger partial charge is 0.326 e. The lowest BCUT2D eigenvalue weighted by Crippen LogP contribution is -2.57. The Morgan fingerprint density at radius 1 is 0.735 bits per heavy atom. The molecule has 13 heteroatoms. The molecule has 0 aliphatic heterocycles. The van der Waals surface area contributed by atoms with Gasteiger partial charge in [-0.25, -0.2) is 4.79 Å². The molecule has 0 saturated carbocycles. The number of benzene rings is 3. The van der Waals surface area contributed by atoms with Crippen LogP contribution in [-0.4, -0.2) is 72.6 Å². The first-order valence-electron chi connectivity index (χ1n) is 16.6. The Labute approximate surface area is 287 Å². The average Bonchev–Trinajstić information content (AvgIpc) is 3.08. The zero-order valence-corrected chi connectivity index (χ0v) is 27.8. The molecule has 3 aromatic carbocycles. The number of nitrogens with one attached hydrogen (secondary N) is 3. The van der Waals surface area contributed by atoms with E-state index in [1.807, 2.05) is 72.8 Å². The van der Waals surface area contributed by atoms with Crippen molar-refractivity contribution in [3.63, 3.8) is 0 Å². The second-order valence-corrected chi connectivity index (χ2v) is 11.9. The van der Waals surface area contributed by atoms with E-state index in [-0.39, 0.29) is 50.9 Å². The predicted molar refractivity (Wildman–Crippen MR) is 189 cm³/mol. The Bertz CT molecular complexity index is 1530. The van der Waals surface area contributed by atoms with Crippen molar-refractivity contribution >= 4 is 40.4 Å². The third kappa shape index (κ3) is 14.3. The summed E-state index contributed by atoms with van der Waals surface area (Å²) in [6.45, 7) is 0.843. The highest BCUT2D eigenvalue weighted by molar-refractivity contribution is 5.94. The van der Waals surface area contributed by atoms with Gasteiger partial charge in [-0.3, -0.25) is 19.4 Å². The predicted octanol–water partition coefficient (Wildman–Crippen LogP) is 2.10. The number of nitrogens with zero attached hydrogens (tertiary/aromatic N) is 1. The molecule has 0 aliphatic carbocycles. The van der Waals surface area contributed by atoms with E-state index in [0.29, 0.717) is 19.4 Å². The van der Waals surface area contributed by atoms with Crippen LogP contribution in [0.1, 0.15) is 56.1 Å². The van der Waals surface area contributed by atoms with Gasteiger partial charge in [0.1, 0.15) is 18.1 Å². The number of carboxylic acids is 1. The minimum atomic E-state index is -1.25. The highest BCUT2D eigenvalue weighted by atomic mass is 16.5. The van der Waals surface area contributed by atoms with Gasteiger partial charge in [0.25, 0.3) is 0 Å². The summed E-state index contributed by atoms with van der Waals surface area (Å²) in [5.41, 5.74) is 17.9.